The van der Waals surface area contributed by atoms with E-state index < -0.39 is 39.7 Å². The third kappa shape index (κ3) is 3.62. The molecule has 2 aromatic rings. The summed E-state index contributed by atoms with van der Waals surface area (Å²) in [6.45, 7) is 1.91. The molecule has 0 spiro atoms. The molecule has 0 saturated carbocycles. The number of hydrogen-bond donors (Lipinski definition) is 1. The van der Waals surface area contributed by atoms with Gasteiger partial charge in [0.25, 0.3) is 0 Å². The van der Waals surface area contributed by atoms with Crippen LogP contribution in [0.5, 0.6) is 5.75 Å². The Kier molecular flexibility index (Phi) is 6.02. The van der Waals surface area contributed by atoms with Gasteiger partial charge in [-0.05, 0) is 18.6 Å². The number of rotatable bonds is 5. The van der Waals surface area contributed by atoms with E-state index in [0.717, 1.165) is 0 Å². The highest BCUT2D eigenvalue weighted by Crippen LogP contribution is 2.38. The number of nitrogen functional groups attached to an aromatic ring is 1. The summed E-state index contributed by atoms with van der Waals surface area (Å²) in [7, 11) is 1.21. The number of carbonyl (C=O) groups excluding carboxylic acids is 1. The van der Waals surface area contributed by atoms with Gasteiger partial charge in [-0.2, -0.15) is 0 Å². The van der Waals surface area contributed by atoms with Gasteiger partial charge in [-0.3, -0.25) is 0 Å². The molecule has 0 amide bonds. The second kappa shape index (κ2) is 7.84. The van der Waals surface area contributed by atoms with Gasteiger partial charge in [0, 0.05) is 5.56 Å². The van der Waals surface area contributed by atoms with E-state index >= 15 is 0 Å². The van der Waals surface area contributed by atoms with Gasteiger partial charge in [0.15, 0.2) is 23.1 Å². The zero-order valence-corrected chi connectivity index (χ0v) is 14.8. The summed E-state index contributed by atoms with van der Waals surface area (Å²) < 4.78 is 38.8. The van der Waals surface area contributed by atoms with Crippen LogP contribution in [0.15, 0.2) is 12.1 Å². The first kappa shape index (κ1) is 19.2. The van der Waals surface area contributed by atoms with Crippen LogP contribution in [0.25, 0.3) is 11.3 Å². The minimum absolute atomic E-state index is 0.00586. The van der Waals surface area contributed by atoms with E-state index in [1.807, 2.05) is 0 Å². The predicted molar refractivity (Wildman–Crippen MR) is 91.1 cm³/mol. The van der Waals surface area contributed by atoms with Crippen LogP contribution in [0.1, 0.15) is 23.8 Å². The summed E-state index contributed by atoms with van der Waals surface area (Å²) in [5, 5.41) is -0.405. The van der Waals surface area contributed by atoms with Crippen molar-refractivity contribution >= 4 is 34.9 Å². The fourth-order valence-corrected chi connectivity index (χ4v) is 2.47. The summed E-state index contributed by atoms with van der Waals surface area (Å²) in [6, 6.07) is 2.50. The molecule has 5 nitrogen and oxygen atoms in total. The lowest BCUT2D eigenvalue weighted by atomic mass is 10.1. The first-order chi connectivity index (χ1) is 11.8. The smallest absolute Gasteiger partial charge is 0.358 e. The number of benzene rings is 1. The molecule has 9 heteroatoms. The molecule has 0 aliphatic carbocycles. The number of pyridine rings is 1. The molecule has 0 radical (unpaired) electrons. The second-order valence-electron chi connectivity index (χ2n) is 4.93. The van der Waals surface area contributed by atoms with E-state index in [0.29, 0.717) is 6.42 Å². The lowest BCUT2D eigenvalue weighted by Gasteiger charge is -2.13. The van der Waals surface area contributed by atoms with Crippen LogP contribution >= 0.6 is 23.2 Å². The van der Waals surface area contributed by atoms with Crippen molar-refractivity contribution in [2.24, 2.45) is 0 Å². The van der Waals surface area contributed by atoms with Crippen LogP contribution in [-0.2, 0) is 4.74 Å². The molecule has 25 heavy (non-hydrogen) atoms. The molecule has 1 aromatic heterocycles. The van der Waals surface area contributed by atoms with E-state index in [2.05, 4.69) is 4.98 Å². The molecule has 0 aliphatic rings. The van der Waals surface area contributed by atoms with E-state index in [1.165, 1.54) is 19.2 Å². The van der Waals surface area contributed by atoms with Crippen molar-refractivity contribution in [3.05, 3.63) is 39.5 Å². The van der Waals surface area contributed by atoms with Gasteiger partial charge in [-0.25, -0.2) is 18.6 Å². The minimum atomic E-state index is -1.07. The first-order valence-electron chi connectivity index (χ1n) is 7.17. The Bertz CT molecular complexity index is 832. The molecule has 0 bridgehead atoms. The maximum Gasteiger partial charge on any atom is 0.358 e. The van der Waals surface area contributed by atoms with Gasteiger partial charge >= 0.3 is 5.97 Å². The summed E-state index contributed by atoms with van der Waals surface area (Å²) in [5.41, 5.74) is 3.87. The molecule has 0 fully saturated rings. The monoisotopic (exact) mass is 390 g/mol. The SMILES string of the molecule is CCCOC(=O)c1nc(-c2ccc(Cl)c(OC)c2F)c(F)c(N)c1Cl. The van der Waals surface area contributed by atoms with Crippen molar-refractivity contribution in [1.82, 2.24) is 4.98 Å². The van der Waals surface area contributed by atoms with Crippen molar-refractivity contribution < 1.29 is 23.0 Å². The van der Waals surface area contributed by atoms with Crippen LogP contribution in [0.3, 0.4) is 0 Å². The third-order valence-corrected chi connectivity index (χ3v) is 3.93. The average Bonchev–Trinajstić information content (AvgIpc) is 2.59. The van der Waals surface area contributed by atoms with Crippen LogP contribution < -0.4 is 10.5 Å². The van der Waals surface area contributed by atoms with Gasteiger partial charge in [0.1, 0.15) is 5.69 Å². The Hall–Kier alpha value is -2.12. The minimum Gasteiger partial charge on any atom is -0.492 e. The van der Waals surface area contributed by atoms with Crippen molar-refractivity contribution in [1.29, 1.82) is 0 Å². The molecule has 0 saturated heterocycles. The van der Waals surface area contributed by atoms with Gasteiger partial charge in [0.2, 0.25) is 0 Å². The zero-order chi connectivity index (χ0) is 18.7. The fourth-order valence-electron chi connectivity index (χ4n) is 2.04. The van der Waals surface area contributed by atoms with Gasteiger partial charge < -0.3 is 15.2 Å². The summed E-state index contributed by atoms with van der Waals surface area (Å²) >= 11 is 11.7. The third-order valence-electron chi connectivity index (χ3n) is 3.25. The van der Waals surface area contributed by atoms with E-state index in [9.17, 15) is 13.6 Å². The number of carbonyl (C=O) groups is 1. The molecular formula is C16H14Cl2F2N2O3. The quantitative estimate of drug-likeness (QED) is 0.761. The number of esters is 1. The molecule has 0 unspecified atom stereocenters. The van der Waals surface area contributed by atoms with Crippen LogP contribution in [0.4, 0.5) is 14.5 Å². The maximum absolute atomic E-state index is 14.6. The molecule has 2 rings (SSSR count). The van der Waals surface area contributed by atoms with E-state index in [-0.39, 0.29) is 22.9 Å². The molecule has 2 N–H and O–H groups in total. The average molecular weight is 391 g/mol. The van der Waals surface area contributed by atoms with Crippen LogP contribution in [0, 0.1) is 11.6 Å². The Morgan fingerprint density at radius 3 is 2.56 bits per heavy atom. The maximum atomic E-state index is 14.6. The van der Waals surface area contributed by atoms with E-state index in [4.69, 9.17) is 38.4 Å². The molecule has 1 aromatic carbocycles. The number of hydrogen-bond acceptors (Lipinski definition) is 5. The fraction of sp³-hybridized carbons (Fsp3) is 0.250. The summed E-state index contributed by atoms with van der Waals surface area (Å²) in [6.07, 6.45) is 0.565. The molecule has 134 valence electrons. The molecule has 1 heterocycles. The van der Waals surface area contributed by atoms with Crippen molar-refractivity contribution in [2.45, 2.75) is 13.3 Å². The zero-order valence-electron chi connectivity index (χ0n) is 13.3. The number of nitrogens with two attached hydrogens (primary N) is 1. The van der Waals surface area contributed by atoms with E-state index in [1.54, 1.807) is 6.92 Å². The van der Waals surface area contributed by atoms with Crippen molar-refractivity contribution in [3.63, 3.8) is 0 Å². The molecule has 0 atom stereocenters. The van der Waals surface area contributed by atoms with Crippen LogP contribution in [0.2, 0.25) is 10.0 Å². The number of aromatic nitrogens is 1. The Labute approximate surface area is 152 Å². The number of methoxy groups -OCH3 is 1. The highest BCUT2D eigenvalue weighted by Gasteiger charge is 2.26. The van der Waals surface area contributed by atoms with Crippen molar-refractivity contribution in [3.8, 4) is 17.0 Å². The standard InChI is InChI=1S/C16H14Cl2F2N2O3/c1-3-6-25-16(23)14-9(18)12(21)11(20)13(22-14)7-4-5-8(17)15(24-2)10(7)19/h4-5H,3,6H2,1-2H3,(H2,21,22). The molecular weight excluding hydrogens is 377 g/mol. The number of nitrogens with zero attached hydrogens (tertiary/aromatic N) is 1. The Morgan fingerprint density at radius 1 is 1.28 bits per heavy atom. The number of ether oxygens (including phenoxy) is 2. The van der Waals surface area contributed by atoms with Crippen molar-refractivity contribution in [2.75, 3.05) is 19.5 Å². The topological polar surface area (TPSA) is 74.4 Å². The highest BCUT2D eigenvalue weighted by molar-refractivity contribution is 6.36. The molecule has 0 aliphatic heterocycles. The van der Waals surface area contributed by atoms with Gasteiger partial charge in [0.05, 0.1) is 29.4 Å². The Balaban J connectivity index is 2.67. The largest absolute Gasteiger partial charge is 0.492 e. The lowest BCUT2D eigenvalue weighted by molar-refractivity contribution is 0.0498. The summed E-state index contributed by atoms with van der Waals surface area (Å²) in [5.74, 6) is -3.19. The number of halogens is 4. The normalized spacial score (nSPS) is 10.6. The Morgan fingerprint density at radius 2 is 1.96 bits per heavy atom. The first-order valence-corrected chi connectivity index (χ1v) is 7.92. The van der Waals surface area contributed by atoms with Crippen LogP contribution in [-0.4, -0.2) is 24.7 Å². The van der Waals surface area contributed by atoms with Gasteiger partial charge in [-0.1, -0.05) is 30.1 Å². The highest BCUT2D eigenvalue weighted by atomic mass is 35.5. The number of anilines is 1. The lowest BCUT2D eigenvalue weighted by Crippen LogP contribution is -2.13. The predicted octanol–water partition coefficient (Wildman–Crippen LogP) is 4.49. The second-order valence-corrected chi connectivity index (χ2v) is 5.71. The van der Waals surface area contributed by atoms with Gasteiger partial charge in [-0.15, -0.1) is 0 Å². The summed E-state index contributed by atoms with van der Waals surface area (Å²) in [4.78, 5) is 15.9.